The number of hydrogen-bond donors (Lipinski definition) is 2. The minimum absolute atomic E-state index is 0.00347. The Bertz CT molecular complexity index is 326. The molecule has 1 aromatic rings. The largest absolute Gasteiger partial charge is 0.356 e. The van der Waals surface area contributed by atoms with Crippen molar-refractivity contribution in [2.75, 3.05) is 0 Å². The third-order valence-electron chi connectivity index (χ3n) is 1.18. The van der Waals surface area contributed by atoms with Gasteiger partial charge >= 0.3 is 7.60 Å². The molecule has 0 unspecified atom stereocenters. The van der Waals surface area contributed by atoms with Gasteiger partial charge in [-0.05, 0) is 18.2 Å². The molecule has 0 aliphatic rings. The van der Waals surface area contributed by atoms with E-state index in [1.54, 1.807) is 6.07 Å². The van der Waals surface area contributed by atoms with Gasteiger partial charge in [-0.25, -0.2) is 0 Å². The van der Waals surface area contributed by atoms with Crippen LogP contribution in [0.2, 0.25) is 0 Å². The molecule has 1 rings (SSSR count). The van der Waals surface area contributed by atoms with Crippen LogP contribution in [0.5, 0.6) is 0 Å². The van der Waals surface area contributed by atoms with Gasteiger partial charge < -0.3 is 9.79 Å². The molecule has 0 heterocycles. The van der Waals surface area contributed by atoms with Crippen molar-refractivity contribution in [3.63, 3.8) is 0 Å². The van der Waals surface area contributed by atoms with Crippen molar-refractivity contribution in [2.24, 2.45) is 0 Å². The average Bonchev–Trinajstić information content (AvgIpc) is 1.82. The molecule has 0 aliphatic heterocycles. The smallest absolute Gasteiger partial charge is 0.321 e. The van der Waals surface area contributed by atoms with Crippen LogP contribution in [0.4, 0.5) is 0 Å². The van der Waals surface area contributed by atoms with Gasteiger partial charge in [0.1, 0.15) is 0 Å². The van der Waals surface area contributed by atoms with Crippen molar-refractivity contribution >= 4 is 44.8 Å². The summed E-state index contributed by atoms with van der Waals surface area (Å²) in [6, 6.07) is 4.50. The van der Waals surface area contributed by atoms with E-state index in [0.29, 0.717) is 8.95 Å². The molecular weight excluding hydrogens is 311 g/mol. The van der Waals surface area contributed by atoms with E-state index >= 15 is 0 Å². The van der Waals surface area contributed by atoms with Crippen LogP contribution in [0.1, 0.15) is 0 Å². The quantitative estimate of drug-likeness (QED) is 0.780. The normalized spacial score (nSPS) is 11.7. The molecule has 2 N–H and O–H groups in total. The summed E-state index contributed by atoms with van der Waals surface area (Å²) in [7, 11) is -4.13. The fourth-order valence-corrected chi connectivity index (χ4v) is 2.97. The monoisotopic (exact) mass is 314 g/mol. The summed E-state index contributed by atoms with van der Waals surface area (Å²) in [5, 5.41) is 0.00347. The van der Waals surface area contributed by atoms with Crippen LogP contribution in [0.25, 0.3) is 0 Å². The van der Waals surface area contributed by atoms with Gasteiger partial charge in [-0.1, -0.05) is 31.9 Å². The van der Waals surface area contributed by atoms with E-state index in [-0.39, 0.29) is 5.30 Å². The van der Waals surface area contributed by atoms with Crippen LogP contribution in [0.15, 0.2) is 27.1 Å². The minimum atomic E-state index is -4.13. The van der Waals surface area contributed by atoms with Crippen molar-refractivity contribution in [3.8, 4) is 0 Å². The summed E-state index contributed by atoms with van der Waals surface area (Å²) in [6.07, 6.45) is 0. The van der Waals surface area contributed by atoms with Crippen molar-refractivity contribution in [1.29, 1.82) is 0 Å². The lowest BCUT2D eigenvalue weighted by Gasteiger charge is -2.04. The molecule has 66 valence electrons. The van der Waals surface area contributed by atoms with E-state index in [4.69, 9.17) is 9.79 Å². The zero-order valence-electron chi connectivity index (χ0n) is 5.74. The summed E-state index contributed by atoms with van der Waals surface area (Å²) in [5.74, 6) is 0. The molecule has 1 aromatic carbocycles. The zero-order valence-corrected chi connectivity index (χ0v) is 9.80. The maximum atomic E-state index is 10.8. The number of benzene rings is 1. The van der Waals surface area contributed by atoms with Crippen LogP contribution in [0.3, 0.4) is 0 Å². The van der Waals surface area contributed by atoms with E-state index < -0.39 is 7.60 Å². The first kappa shape index (κ1) is 10.4. The van der Waals surface area contributed by atoms with Crippen LogP contribution in [-0.2, 0) is 4.57 Å². The van der Waals surface area contributed by atoms with Crippen molar-refractivity contribution < 1.29 is 14.4 Å². The Labute approximate surface area is 86.2 Å². The van der Waals surface area contributed by atoms with Gasteiger partial charge in [-0.2, -0.15) is 0 Å². The highest BCUT2D eigenvalue weighted by Gasteiger charge is 2.17. The Morgan fingerprint density at radius 3 is 1.83 bits per heavy atom. The van der Waals surface area contributed by atoms with Crippen LogP contribution < -0.4 is 5.30 Å². The van der Waals surface area contributed by atoms with Crippen molar-refractivity contribution in [1.82, 2.24) is 0 Å². The summed E-state index contributed by atoms with van der Waals surface area (Å²) >= 11 is 6.26. The molecule has 0 radical (unpaired) electrons. The molecule has 12 heavy (non-hydrogen) atoms. The second kappa shape index (κ2) is 3.60. The molecule has 0 saturated carbocycles. The van der Waals surface area contributed by atoms with Crippen LogP contribution >= 0.6 is 39.5 Å². The van der Waals surface area contributed by atoms with Crippen molar-refractivity contribution in [3.05, 3.63) is 27.1 Å². The van der Waals surface area contributed by atoms with Gasteiger partial charge in [0, 0.05) is 8.95 Å². The Hall–Kier alpha value is 0.330. The maximum absolute atomic E-state index is 10.8. The maximum Gasteiger partial charge on any atom is 0.356 e. The van der Waals surface area contributed by atoms with Gasteiger partial charge in [-0.15, -0.1) is 0 Å². The second-order valence-corrected chi connectivity index (χ2v) is 5.61. The molecule has 0 atom stereocenters. The predicted octanol–water partition coefficient (Wildman–Crippen LogP) is 2.01. The van der Waals surface area contributed by atoms with Crippen LogP contribution in [-0.4, -0.2) is 9.79 Å². The fourth-order valence-electron chi connectivity index (χ4n) is 0.707. The van der Waals surface area contributed by atoms with E-state index in [9.17, 15) is 4.57 Å². The fraction of sp³-hybridized carbons (Fsp3) is 0. The van der Waals surface area contributed by atoms with E-state index in [1.165, 1.54) is 12.1 Å². The second-order valence-electron chi connectivity index (χ2n) is 2.17. The van der Waals surface area contributed by atoms with Gasteiger partial charge in [0.2, 0.25) is 0 Å². The Balaban J connectivity index is 3.27. The Morgan fingerprint density at radius 2 is 1.50 bits per heavy atom. The molecule has 0 fully saturated rings. The average molecular weight is 316 g/mol. The number of hydrogen-bond acceptors (Lipinski definition) is 1. The molecule has 0 spiro atoms. The molecule has 0 aromatic heterocycles. The summed E-state index contributed by atoms with van der Waals surface area (Å²) < 4.78 is 12.1. The first-order valence-corrected chi connectivity index (χ1v) is 6.11. The number of rotatable bonds is 1. The van der Waals surface area contributed by atoms with Gasteiger partial charge in [0.15, 0.2) is 0 Å². The minimum Gasteiger partial charge on any atom is -0.321 e. The summed E-state index contributed by atoms with van der Waals surface area (Å²) in [6.45, 7) is 0. The van der Waals surface area contributed by atoms with Crippen LogP contribution in [0, 0.1) is 0 Å². The molecule has 0 saturated heterocycles. The third kappa shape index (κ3) is 2.68. The molecule has 3 nitrogen and oxygen atoms in total. The topological polar surface area (TPSA) is 57.5 Å². The molecular formula is C6H5Br2O3P. The van der Waals surface area contributed by atoms with Gasteiger partial charge in [0.05, 0.1) is 5.30 Å². The van der Waals surface area contributed by atoms with Crippen molar-refractivity contribution in [2.45, 2.75) is 0 Å². The summed E-state index contributed by atoms with van der Waals surface area (Å²) in [5.41, 5.74) is 0. The number of halogens is 2. The lowest BCUT2D eigenvalue weighted by Crippen LogP contribution is -2.03. The first-order chi connectivity index (χ1) is 5.39. The van der Waals surface area contributed by atoms with E-state index in [0.717, 1.165) is 0 Å². The molecule has 0 amide bonds. The van der Waals surface area contributed by atoms with Gasteiger partial charge in [0.25, 0.3) is 0 Å². The molecule has 6 heteroatoms. The third-order valence-corrected chi connectivity index (χ3v) is 3.03. The highest BCUT2D eigenvalue weighted by atomic mass is 79.9. The van der Waals surface area contributed by atoms with E-state index in [2.05, 4.69) is 31.9 Å². The predicted molar refractivity (Wildman–Crippen MR) is 53.5 cm³/mol. The standard InChI is InChI=1S/C6H5Br2O3P/c7-4-1-5(8)3-6(2-4)12(9,10)11/h1-3H,(H2,9,10,11). The molecule has 0 bridgehead atoms. The highest BCUT2D eigenvalue weighted by Crippen LogP contribution is 2.35. The summed E-state index contributed by atoms with van der Waals surface area (Å²) in [4.78, 5) is 17.6. The lowest BCUT2D eigenvalue weighted by molar-refractivity contribution is 0.387. The SMILES string of the molecule is O=P(O)(O)c1cc(Br)cc(Br)c1. The Morgan fingerprint density at radius 1 is 1.08 bits per heavy atom. The first-order valence-electron chi connectivity index (χ1n) is 2.92. The highest BCUT2D eigenvalue weighted by molar-refractivity contribution is 9.11. The lowest BCUT2D eigenvalue weighted by atomic mass is 10.4. The van der Waals surface area contributed by atoms with E-state index in [1.807, 2.05) is 0 Å². The van der Waals surface area contributed by atoms with Gasteiger partial charge in [-0.3, -0.25) is 4.57 Å². The zero-order chi connectivity index (χ0) is 9.35. The Kier molecular flexibility index (Phi) is 3.12. The molecule has 0 aliphatic carbocycles.